The molecule has 0 aliphatic carbocycles. The summed E-state index contributed by atoms with van der Waals surface area (Å²) in [5, 5.41) is 11.4. The third-order valence-electron chi connectivity index (χ3n) is 3.20. The molecule has 0 atom stereocenters. The van der Waals surface area contributed by atoms with E-state index in [1.54, 1.807) is 41.2 Å². The highest BCUT2D eigenvalue weighted by Crippen LogP contribution is 2.00. The van der Waals surface area contributed by atoms with Crippen molar-refractivity contribution in [3.05, 3.63) is 66.0 Å². The topological polar surface area (TPSA) is 70.3 Å². The summed E-state index contributed by atoms with van der Waals surface area (Å²) in [5.41, 5.74) is 1.20. The number of amides is 1. The molecule has 6 heteroatoms. The fourth-order valence-corrected chi connectivity index (χ4v) is 1.98. The summed E-state index contributed by atoms with van der Waals surface area (Å²) in [7, 11) is 0. The van der Waals surface area contributed by atoms with Crippen LogP contribution >= 0.6 is 0 Å². The highest BCUT2D eigenvalue weighted by molar-refractivity contribution is 5.95. The Morgan fingerprint density at radius 2 is 1.65 bits per heavy atom. The zero-order valence-electron chi connectivity index (χ0n) is 12.6. The quantitative estimate of drug-likeness (QED) is 0.331. The number of pyridine rings is 1. The smallest absolute Gasteiger partial charge is 0.251 e. The van der Waals surface area contributed by atoms with Gasteiger partial charge in [0.2, 0.25) is 12.3 Å². The van der Waals surface area contributed by atoms with Crippen LogP contribution in [0.15, 0.2) is 54.9 Å². The van der Waals surface area contributed by atoms with E-state index in [-0.39, 0.29) is 41.8 Å². The van der Waals surface area contributed by atoms with E-state index in [1.165, 1.54) is 0 Å². The second-order valence-electron chi connectivity index (χ2n) is 4.88. The lowest BCUT2D eigenvalue weighted by molar-refractivity contribution is -0.683. The molecule has 2 rings (SSSR count). The summed E-state index contributed by atoms with van der Waals surface area (Å²) in [4.78, 5) is 23.9. The molecule has 5 nitrogen and oxygen atoms in total. The standard InChI is InChI=1S/C17H18N2O3.BrH/c20-12-4-9-18-17(22)15-7-10-19(11-8-15)13-16(21)14-5-2-1-3-6-14;/h1-3,5-8,10-11,20H,4,9,12-13H2;1H. The number of aliphatic hydroxyl groups excluding tert-OH is 1. The predicted molar refractivity (Wildman–Crippen MR) is 81.4 cm³/mol. The summed E-state index contributed by atoms with van der Waals surface area (Å²) < 4.78 is 1.74. The molecule has 1 heterocycles. The molecule has 122 valence electrons. The Balaban J connectivity index is 0.00000264. The van der Waals surface area contributed by atoms with Gasteiger partial charge >= 0.3 is 0 Å². The lowest BCUT2D eigenvalue weighted by atomic mass is 10.1. The number of aliphatic hydroxyl groups is 1. The Hall–Kier alpha value is -2.05. The van der Waals surface area contributed by atoms with Gasteiger partial charge in [0.1, 0.15) is 0 Å². The molecule has 1 amide bonds. The maximum Gasteiger partial charge on any atom is 0.251 e. The average Bonchev–Trinajstić information content (AvgIpc) is 2.56. The van der Waals surface area contributed by atoms with Gasteiger partial charge in [0.25, 0.3) is 5.91 Å². The van der Waals surface area contributed by atoms with Crippen LogP contribution in [0.3, 0.4) is 0 Å². The minimum absolute atomic E-state index is 0. The van der Waals surface area contributed by atoms with E-state index in [0.29, 0.717) is 24.1 Å². The maximum absolute atomic E-state index is 12.1. The molecule has 0 bridgehead atoms. The minimum Gasteiger partial charge on any atom is -1.00 e. The number of nitrogens with one attached hydrogen (secondary N) is 1. The van der Waals surface area contributed by atoms with Gasteiger partial charge in [0.15, 0.2) is 12.4 Å². The number of rotatable bonds is 7. The zero-order chi connectivity index (χ0) is 15.8. The Bertz CT molecular complexity index is 630. The molecule has 0 fully saturated rings. The molecule has 0 unspecified atom stereocenters. The summed E-state index contributed by atoms with van der Waals surface area (Å²) in [6, 6.07) is 12.4. The molecule has 1 aromatic carbocycles. The van der Waals surface area contributed by atoms with Gasteiger partial charge in [-0.1, -0.05) is 30.3 Å². The molecule has 0 spiro atoms. The normalized spacial score (nSPS) is 9.78. The number of hydrogen-bond acceptors (Lipinski definition) is 3. The molecule has 0 aliphatic heterocycles. The minimum atomic E-state index is -0.185. The molecule has 2 aromatic rings. The second-order valence-corrected chi connectivity index (χ2v) is 4.88. The summed E-state index contributed by atoms with van der Waals surface area (Å²) >= 11 is 0. The molecular formula is C17H19BrN2O3. The first-order valence-corrected chi connectivity index (χ1v) is 7.17. The van der Waals surface area contributed by atoms with Gasteiger partial charge in [-0.05, 0) is 6.42 Å². The summed E-state index contributed by atoms with van der Waals surface area (Å²) in [5.74, 6) is -0.166. The van der Waals surface area contributed by atoms with E-state index in [9.17, 15) is 9.59 Å². The largest absolute Gasteiger partial charge is 1.00 e. The third kappa shape index (κ3) is 5.92. The number of hydrogen-bond donors (Lipinski definition) is 2. The predicted octanol–water partition coefficient (Wildman–Crippen LogP) is -2.03. The summed E-state index contributed by atoms with van der Waals surface area (Å²) in [6.45, 7) is 0.726. The average molecular weight is 379 g/mol. The van der Waals surface area contributed by atoms with Crippen molar-refractivity contribution in [2.24, 2.45) is 0 Å². The molecule has 0 saturated heterocycles. The number of carbonyl (C=O) groups excluding carboxylic acids is 2. The lowest BCUT2D eigenvalue weighted by Crippen LogP contribution is -3.00. The van der Waals surface area contributed by atoms with Crippen LogP contribution in [-0.4, -0.2) is 29.9 Å². The Morgan fingerprint density at radius 3 is 2.26 bits per heavy atom. The van der Waals surface area contributed by atoms with Crippen LogP contribution in [0.1, 0.15) is 27.1 Å². The Morgan fingerprint density at radius 1 is 1.00 bits per heavy atom. The Labute approximate surface area is 145 Å². The van der Waals surface area contributed by atoms with E-state index in [2.05, 4.69) is 5.32 Å². The van der Waals surface area contributed by atoms with Crippen LogP contribution in [-0.2, 0) is 6.54 Å². The van der Waals surface area contributed by atoms with Gasteiger partial charge in [-0.25, -0.2) is 0 Å². The van der Waals surface area contributed by atoms with E-state index >= 15 is 0 Å². The number of halogens is 1. The number of carbonyl (C=O) groups is 2. The van der Waals surface area contributed by atoms with Crippen molar-refractivity contribution in [3.63, 3.8) is 0 Å². The summed E-state index contributed by atoms with van der Waals surface area (Å²) in [6.07, 6.45) is 3.95. The molecular weight excluding hydrogens is 360 g/mol. The van der Waals surface area contributed by atoms with Crippen LogP contribution in [0, 0.1) is 0 Å². The van der Waals surface area contributed by atoms with Gasteiger partial charge in [-0.3, -0.25) is 9.59 Å². The molecule has 23 heavy (non-hydrogen) atoms. The van der Waals surface area contributed by atoms with Gasteiger partial charge in [0.05, 0.1) is 5.56 Å². The molecule has 0 aliphatic rings. The Kier molecular flexibility index (Phi) is 8.15. The monoisotopic (exact) mass is 378 g/mol. The van der Waals surface area contributed by atoms with Crippen molar-refractivity contribution >= 4 is 11.7 Å². The SMILES string of the molecule is O=C(C[n+]1ccc(C(=O)NCCCO)cc1)c1ccccc1.[Br-]. The van der Waals surface area contributed by atoms with E-state index < -0.39 is 0 Å². The fraction of sp³-hybridized carbons (Fsp3) is 0.235. The van der Waals surface area contributed by atoms with E-state index in [0.717, 1.165) is 0 Å². The number of ketones is 1. The number of benzene rings is 1. The van der Waals surface area contributed by atoms with Crippen molar-refractivity contribution in [2.75, 3.05) is 13.2 Å². The highest BCUT2D eigenvalue weighted by Gasteiger charge is 2.13. The molecule has 2 N–H and O–H groups in total. The number of Topliss-reactive ketones (excluding diaryl/α,β-unsaturated/α-hetero) is 1. The van der Waals surface area contributed by atoms with Crippen molar-refractivity contribution in [1.29, 1.82) is 0 Å². The van der Waals surface area contributed by atoms with Crippen molar-refractivity contribution < 1.29 is 36.2 Å². The highest BCUT2D eigenvalue weighted by atomic mass is 79.9. The van der Waals surface area contributed by atoms with Crippen LogP contribution in [0.5, 0.6) is 0 Å². The first-order valence-electron chi connectivity index (χ1n) is 7.17. The van der Waals surface area contributed by atoms with Gasteiger partial charge in [-0.2, -0.15) is 4.57 Å². The second kappa shape index (κ2) is 9.86. The van der Waals surface area contributed by atoms with Gasteiger partial charge in [0, 0.05) is 30.8 Å². The van der Waals surface area contributed by atoms with E-state index in [4.69, 9.17) is 5.11 Å². The number of nitrogens with zero attached hydrogens (tertiary/aromatic N) is 1. The molecule has 0 radical (unpaired) electrons. The van der Waals surface area contributed by atoms with Crippen molar-refractivity contribution in [1.82, 2.24) is 5.32 Å². The van der Waals surface area contributed by atoms with Crippen molar-refractivity contribution in [3.8, 4) is 0 Å². The number of aromatic nitrogens is 1. The molecule has 1 aromatic heterocycles. The molecule has 0 saturated carbocycles. The maximum atomic E-state index is 12.1. The first kappa shape index (κ1) is 19.0. The van der Waals surface area contributed by atoms with E-state index in [1.807, 2.05) is 18.2 Å². The lowest BCUT2D eigenvalue weighted by Gasteiger charge is -2.03. The van der Waals surface area contributed by atoms with Crippen LogP contribution in [0.2, 0.25) is 0 Å². The fourth-order valence-electron chi connectivity index (χ4n) is 1.98. The van der Waals surface area contributed by atoms with Crippen LogP contribution in [0.25, 0.3) is 0 Å². The van der Waals surface area contributed by atoms with Gasteiger partial charge in [-0.15, -0.1) is 0 Å². The van der Waals surface area contributed by atoms with Crippen molar-refractivity contribution in [2.45, 2.75) is 13.0 Å². The van der Waals surface area contributed by atoms with Crippen LogP contribution < -0.4 is 26.9 Å². The van der Waals surface area contributed by atoms with Crippen LogP contribution in [0.4, 0.5) is 0 Å². The zero-order valence-corrected chi connectivity index (χ0v) is 14.2. The van der Waals surface area contributed by atoms with Gasteiger partial charge < -0.3 is 27.4 Å². The first-order chi connectivity index (χ1) is 10.7. The third-order valence-corrected chi connectivity index (χ3v) is 3.20.